The summed E-state index contributed by atoms with van der Waals surface area (Å²) in [6.07, 6.45) is 2.78. The molecule has 7 heteroatoms. The molecule has 1 fully saturated rings. The van der Waals surface area contributed by atoms with Crippen molar-refractivity contribution in [1.29, 1.82) is 0 Å². The van der Waals surface area contributed by atoms with Crippen molar-refractivity contribution >= 4 is 28.9 Å². The van der Waals surface area contributed by atoms with Gasteiger partial charge in [-0.1, -0.05) is 18.5 Å². The van der Waals surface area contributed by atoms with E-state index in [0.717, 1.165) is 19.3 Å². The number of amides is 1. The summed E-state index contributed by atoms with van der Waals surface area (Å²) in [7, 11) is 1.71. The molecule has 21 heavy (non-hydrogen) atoms. The van der Waals surface area contributed by atoms with E-state index in [0.29, 0.717) is 6.54 Å². The second-order valence-corrected chi connectivity index (χ2v) is 5.59. The number of benzene rings is 1. The Balaban J connectivity index is 2.35. The van der Waals surface area contributed by atoms with E-state index in [2.05, 4.69) is 5.32 Å². The zero-order valence-electron chi connectivity index (χ0n) is 12.1. The van der Waals surface area contributed by atoms with E-state index in [1.807, 2.05) is 6.92 Å². The quantitative estimate of drug-likeness (QED) is 0.646. The van der Waals surface area contributed by atoms with Crippen LogP contribution in [0.2, 0.25) is 5.02 Å². The minimum Gasteiger partial charge on any atom is -0.378 e. The van der Waals surface area contributed by atoms with E-state index < -0.39 is 4.92 Å². The van der Waals surface area contributed by atoms with Gasteiger partial charge in [-0.2, -0.15) is 0 Å². The topological polar surface area (TPSA) is 75.5 Å². The Kier molecular flexibility index (Phi) is 4.67. The van der Waals surface area contributed by atoms with E-state index in [-0.39, 0.29) is 33.9 Å². The van der Waals surface area contributed by atoms with Crippen LogP contribution in [0.1, 0.15) is 36.5 Å². The number of rotatable bonds is 6. The Morgan fingerprint density at radius 2 is 2.19 bits per heavy atom. The van der Waals surface area contributed by atoms with Crippen molar-refractivity contribution in [3.05, 3.63) is 32.8 Å². The highest BCUT2D eigenvalue weighted by Gasteiger charge is 2.31. The molecule has 0 aliphatic heterocycles. The van der Waals surface area contributed by atoms with Gasteiger partial charge in [0.2, 0.25) is 0 Å². The lowest BCUT2D eigenvalue weighted by Gasteiger charge is -2.17. The molecule has 1 aromatic carbocycles. The zero-order valence-corrected chi connectivity index (χ0v) is 12.8. The Labute approximate surface area is 128 Å². The molecule has 6 nitrogen and oxygen atoms in total. The van der Waals surface area contributed by atoms with Crippen molar-refractivity contribution < 1.29 is 9.72 Å². The van der Waals surface area contributed by atoms with Crippen molar-refractivity contribution in [2.24, 2.45) is 0 Å². The molecule has 2 rings (SSSR count). The van der Waals surface area contributed by atoms with Crippen molar-refractivity contribution in [2.75, 3.05) is 18.9 Å². The average molecular weight is 312 g/mol. The number of anilines is 1. The molecule has 0 atom stereocenters. The zero-order chi connectivity index (χ0) is 15.6. The third kappa shape index (κ3) is 3.44. The van der Waals surface area contributed by atoms with Crippen LogP contribution in [0, 0.1) is 10.1 Å². The highest BCUT2D eigenvalue weighted by Crippen LogP contribution is 2.35. The van der Waals surface area contributed by atoms with Gasteiger partial charge in [0, 0.05) is 31.3 Å². The predicted molar refractivity (Wildman–Crippen MR) is 82.0 cm³/mol. The lowest BCUT2D eigenvalue weighted by molar-refractivity contribution is -0.384. The van der Waals surface area contributed by atoms with Gasteiger partial charge < -0.3 is 10.2 Å². The van der Waals surface area contributed by atoms with E-state index in [9.17, 15) is 14.9 Å². The molecule has 1 N–H and O–H groups in total. The van der Waals surface area contributed by atoms with Gasteiger partial charge in [-0.3, -0.25) is 14.9 Å². The Morgan fingerprint density at radius 3 is 2.71 bits per heavy atom. The summed E-state index contributed by atoms with van der Waals surface area (Å²) >= 11 is 6.12. The molecule has 0 aromatic heterocycles. The molecule has 0 spiro atoms. The Hall–Kier alpha value is -1.82. The van der Waals surface area contributed by atoms with Crippen LogP contribution in [-0.4, -0.2) is 35.4 Å². The molecule has 1 amide bonds. The molecule has 0 saturated heterocycles. The first kappa shape index (κ1) is 15.6. The van der Waals surface area contributed by atoms with E-state index >= 15 is 0 Å². The predicted octanol–water partition coefficient (Wildman–Crippen LogP) is 3.30. The largest absolute Gasteiger partial charge is 0.378 e. The van der Waals surface area contributed by atoms with Gasteiger partial charge in [0.25, 0.3) is 11.6 Å². The Bertz CT molecular complexity index is 573. The molecule has 0 unspecified atom stereocenters. The van der Waals surface area contributed by atoms with Gasteiger partial charge in [-0.25, -0.2) is 0 Å². The fourth-order valence-corrected chi connectivity index (χ4v) is 2.40. The minimum atomic E-state index is -0.516. The molecular weight excluding hydrogens is 294 g/mol. The molecule has 1 aromatic rings. The normalized spacial score (nSPS) is 13.9. The number of halogens is 1. The fraction of sp³-hybridized carbons (Fsp3) is 0.500. The van der Waals surface area contributed by atoms with Crippen LogP contribution >= 0.6 is 11.6 Å². The third-order valence-electron chi connectivity index (χ3n) is 3.48. The lowest BCUT2D eigenvalue weighted by Crippen LogP contribution is -2.28. The summed E-state index contributed by atoms with van der Waals surface area (Å²) < 4.78 is 0. The second kappa shape index (κ2) is 6.30. The number of nitrogens with zero attached hydrogens (tertiary/aromatic N) is 2. The first-order chi connectivity index (χ1) is 9.95. The van der Waals surface area contributed by atoms with Gasteiger partial charge in [0.15, 0.2) is 0 Å². The number of carbonyl (C=O) groups is 1. The first-order valence-corrected chi connectivity index (χ1v) is 7.32. The molecule has 1 saturated carbocycles. The van der Waals surface area contributed by atoms with Crippen LogP contribution in [0.5, 0.6) is 0 Å². The van der Waals surface area contributed by atoms with Crippen molar-refractivity contribution in [3.63, 3.8) is 0 Å². The first-order valence-electron chi connectivity index (χ1n) is 6.94. The molecular formula is C14H18ClN3O3. The summed E-state index contributed by atoms with van der Waals surface area (Å²) in [6.45, 7) is 2.53. The van der Waals surface area contributed by atoms with Gasteiger partial charge >= 0.3 is 0 Å². The van der Waals surface area contributed by atoms with Crippen LogP contribution in [-0.2, 0) is 0 Å². The van der Waals surface area contributed by atoms with Crippen LogP contribution < -0.4 is 5.32 Å². The van der Waals surface area contributed by atoms with Crippen molar-refractivity contribution in [2.45, 2.75) is 32.2 Å². The highest BCUT2D eigenvalue weighted by atomic mass is 35.5. The van der Waals surface area contributed by atoms with E-state index in [1.54, 1.807) is 11.9 Å². The van der Waals surface area contributed by atoms with Crippen LogP contribution in [0.3, 0.4) is 0 Å². The molecule has 0 bridgehead atoms. The number of hydrogen-bond acceptors (Lipinski definition) is 4. The van der Waals surface area contributed by atoms with Crippen LogP contribution in [0.25, 0.3) is 0 Å². The summed E-state index contributed by atoms with van der Waals surface area (Å²) in [5.74, 6) is -0.232. The van der Waals surface area contributed by atoms with E-state index in [4.69, 9.17) is 11.6 Å². The summed E-state index contributed by atoms with van der Waals surface area (Å²) in [4.78, 5) is 24.6. The van der Waals surface area contributed by atoms with Crippen molar-refractivity contribution in [1.82, 2.24) is 4.90 Å². The van der Waals surface area contributed by atoms with E-state index in [1.165, 1.54) is 12.1 Å². The standard InChI is InChI=1S/C14H18ClN3O3/c1-3-6-16-13-11(15)7-9(8-12(13)18(20)21)14(19)17(2)10-4-5-10/h7-8,10,16H,3-6H2,1-2H3. The average Bonchev–Trinajstić information content (AvgIpc) is 3.28. The molecule has 114 valence electrons. The molecule has 0 radical (unpaired) electrons. The smallest absolute Gasteiger partial charge is 0.294 e. The lowest BCUT2D eigenvalue weighted by atomic mass is 10.1. The molecule has 1 aliphatic rings. The van der Waals surface area contributed by atoms with Gasteiger partial charge in [0.1, 0.15) is 5.69 Å². The number of nitro groups is 1. The number of carbonyl (C=O) groups excluding carboxylic acids is 1. The minimum absolute atomic E-state index is 0.163. The summed E-state index contributed by atoms with van der Waals surface area (Å²) in [6, 6.07) is 3.03. The maximum absolute atomic E-state index is 12.3. The number of nitrogens with one attached hydrogen (secondary N) is 1. The summed E-state index contributed by atoms with van der Waals surface area (Å²) in [5.41, 5.74) is 0.362. The molecule has 0 heterocycles. The monoisotopic (exact) mass is 311 g/mol. The number of nitro benzene ring substituents is 1. The van der Waals surface area contributed by atoms with Gasteiger partial charge in [-0.15, -0.1) is 0 Å². The van der Waals surface area contributed by atoms with Crippen molar-refractivity contribution in [3.8, 4) is 0 Å². The van der Waals surface area contributed by atoms with Crippen LogP contribution in [0.15, 0.2) is 12.1 Å². The van der Waals surface area contributed by atoms with Gasteiger partial charge in [-0.05, 0) is 25.3 Å². The Morgan fingerprint density at radius 1 is 1.52 bits per heavy atom. The maximum atomic E-state index is 12.3. The van der Waals surface area contributed by atoms with Gasteiger partial charge in [0.05, 0.1) is 9.95 Å². The summed E-state index contributed by atoms with van der Waals surface area (Å²) in [5, 5.41) is 14.4. The fourth-order valence-electron chi connectivity index (χ4n) is 2.12. The SMILES string of the molecule is CCCNc1c(Cl)cc(C(=O)N(C)C2CC2)cc1[N+](=O)[O-]. The van der Waals surface area contributed by atoms with Crippen LogP contribution in [0.4, 0.5) is 11.4 Å². The molecule has 1 aliphatic carbocycles. The third-order valence-corrected chi connectivity index (χ3v) is 3.78. The second-order valence-electron chi connectivity index (χ2n) is 5.18. The maximum Gasteiger partial charge on any atom is 0.294 e. The number of hydrogen-bond donors (Lipinski definition) is 1. The highest BCUT2D eigenvalue weighted by molar-refractivity contribution is 6.34.